The molecule has 2 nitrogen and oxygen atoms in total. The molecule has 0 radical (unpaired) electrons. The Morgan fingerprint density at radius 3 is 3.00 bits per heavy atom. The van der Waals surface area contributed by atoms with Crippen LogP contribution in [-0.2, 0) is 6.54 Å². The molecule has 1 aromatic rings. The van der Waals surface area contributed by atoms with Gasteiger partial charge in [-0.15, -0.1) is 0 Å². The first-order chi connectivity index (χ1) is 8.25. The Morgan fingerprint density at radius 1 is 1.24 bits per heavy atom. The largest absolute Gasteiger partial charge is 0.356 e. The number of rotatable bonds is 0. The summed E-state index contributed by atoms with van der Waals surface area (Å²) in [6, 6.07) is 4.02. The maximum Gasteiger partial charge on any atom is 0.105 e. The number of fused-ring (bicyclic) bond motifs is 2. The molecule has 2 aliphatic rings. The zero-order valence-corrected chi connectivity index (χ0v) is 10.9. The van der Waals surface area contributed by atoms with Gasteiger partial charge in [-0.05, 0) is 37.5 Å². The van der Waals surface area contributed by atoms with E-state index in [-0.39, 0.29) is 0 Å². The lowest BCUT2D eigenvalue weighted by molar-refractivity contribution is 0.402. The van der Waals surface area contributed by atoms with E-state index in [0.717, 1.165) is 30.2 Å². The van der Waals surface area contributed by atoms with Crippen molar-refractivity contribution in [1.82, 2.24) is 4.90 Å². The van der Waals surface area contributed by atoms with E-state index >= 15 is 0 Å². The third kappa shape index (κ3) is 1.95. The van der Waals surface area contributed by atoms with Crippen molar-refractivity contribution >= 4 is 23.1 Å². The first-order valence-corrected chi connectivity index (χ1v) is 6.74. The molecule has 3 rings (SSSR count). The average Bonchev–Trinajstić information content (AvgIpc) is 2.57. The average molecular weight is 249 g/mol. The molecule has 2 heterocycles. The van der Waals surface area contributed by atoms with E-state index in [9.17, 15) is 0 Å². The highest BCUT2D eigenvalue weighted by Crippen LogP contribution is 2.34. The lowest BCUT2D eigenvalue weighted by Gasteiger charge is -2.30. The first kappa shape index (κ1) is 11.1. The van der Waals surface area contributed by atoms with Crippen molar-refractivity contribution in [2.75, 3.05) is 6.54 Å². The minimum Gasteiger partial charge on any atom is -0.356 e. The fraction of sp³-hybridized carbons (Fsp3) is 0.500. The van der Waals surface area contributed by atoms with E-state index < -0.39 is 0 Å². The number of hydrogen-bond donors (Lipinski definition) is 0. The predicted molar refractivity (Wildman–Crippen MR) is 72.2 cm³/mol. The van der Waals surface area contributed by atoms with Crippen LogP contribution in [0.4, 0.5) is 5.69 Å². The molecule has 0 amide bonds. The maximum atomic E-state index is 6.19. The molecule has 3 heteroatoms. The van der Waals surface area contributed by atoms with Crippen molar-refractivity contribution in [3.63, 3.8) is 0 Å². The molecule has 0 aromatic heterocycles. The van der Waals surface area contributed by atoms with Gasteiger partial charge < -0.3 is 4.90 Å². The zero-order valence-electron chi connectivity index (χ0n) is 10.2. The van der Waals surface area contributed by atoms with Crippen molar-refractivity contribution in [1.29, 1.82) is 0 Å². The Kier molecular flexibility index (Phi) is 2.83. The Bertz CT molecular complexity index is 479. The second-order valence-electron chi connectivity index (χ2n) is 4.93. The number of halogens is 1. The monoisotopic (exact) mass is 248 g/mol. The van der Waals surface area contributed by atoms with Gasteiger partial charge in [0.15, 0.2) is 0 Å². The molecule has 0 unspecified atom stereocenters. The highest BCUT2D eigenvalue weighted by Gasteiger charge is 2.22. The number of amidine groups is 1. The van der Waals surface area contributed by atoms with Gasteiger partial charge in [-0.1, -0.05) is 18.0 Å². The fourth-order valence-electron chi connectivity index (χ4n) is 2.69. The van der Waals surface area contributed by atoms with E-state index in [2.05, 4.69) is 17.9 Å². The van der Waals surface area contributed by atoms with Gasteiger partial charge in [0.1, 0.15) is 5.84 Å². The second kappa shape index (κ2) is 4.34. The molecule has 2 aliphatic heterocycles. The summed E-state index contributed by atoms with van der Waals surface area (Å²) < 4.78 is 0. The Hall–Kier alpha value is -1.02. The van der Waals surface area contributed by atoms with Crippen molar-refractivity contribution < 1.29 is 0 Å². The second-order valence-corrected chi connectivity index (χ2v) is 5.34. The molecule has 1 aromatic carbocycles. The summed E-state index contributed by atoms with van der Waals surface area (Å²) in [6.45, 7) is 4.23. The molecule has 17 heavy (non-hydrogen) atoms. The van der Waals surface area contributed by atoms with Gasteiger partial charge in [0, 0.05) is 30.1 Å². The van der Waals surface area contributed by atoms with Crippen LogP contribution >= 0.6 is 11.6 Å². The number of aliphatic imine (C=N–C) groups is 1. The van der Waals surface area contributed by atoms with E-state index in [0.29, 0.717) is 0 Å². The lowest BCUT2D eigenvalue weighted by atomic mass is 10.0. The number of hydrogen-bond acceptors (Lipinski definition) is 2. The van der Waals surface area contributed by atoms with Gasteiger partial charge in [0.05, 0.1) is 5.69 Å². The summed E-state index contributed by atoms with van der Waals surface area (Å²) in [5.41, 5.74) is 3.62. The molecule has 0 N–H and O–H groups in total. The molecule has 90 valence electrons. The Balaban J connectivity index is 2.05. The molecule has 0 bridgehead atoms. The van der Waals surface area contributed by atoms with Gasteiger partial charge >= 0.3 is 0 Å². The van der Waals surface area contributed by atoms with E-state index in [1.165, 1.54) is 36.2 Å². The predicted octanol–water partition coefficient (Wildman–Crippen LogP) is 4.07. The normalized spacial score (nSPS) is 19.2. The van der Waals surface area contributed by atoms with Crippen molar-refractivity contribution in [3.8, 4) is 0 Å². The molecular weight excluding hydrogens is 232 g/mol. The molecule has 1 fully saturated rings. The van der Waals surface area contributed by atoms with Crippen LogP contribution in [0.25, 0.3) is 0 Å². The number of benzene rings is 1. The summed E-state index contributed by atoms with van der Waals surface area (Å²) in [5, 5.41) is 0.859. The summed E-state index contributed by atoms with van der Waals surface area (Å²) in [6.07, 6.45) is 5.01. The fourth-order valence-corrected chi connectivity index (χ4v) is 2.87. The third-order valence-electron chi connectivity index (χ3n) is 3.80. The highest BCUT2D eigenvalue weighted by molar-refractivity contribution is 6.31. The van der Waals surface area contributed by atoms with Crippen LogP contribution in [0, 0.1) is 6.92 Å². The van der Waals surface area contributed by atoms with Crippen molar-refractivity contribution in [2.24, 2.45) is 4.99 Å². The van der Waals surface area contributed by atoms with E-state index in [1.807, 2.05) is 6.07 Å². The summed E-state index contributed by atoms with van der Waals surface area (Å²) in [5.74, 6) is 1.27. The molecule has 0 atom stereocenters. The smallest absolute Gasteiger partial charge is 0.105 e. The zero-order chi connectivity index (χ0) is 11.8. The molecule has 0 spiro atoms. The Labute approximate surface area is 107 Å². The highest BCUT2D eigenvalue weighted by atomic mass is 35.5. The summed E-state index contributed by atoms with van der Waals surface area (Å²) >= 11 is 6.19. The quantitative estimate of drug-likeness (QED) is 0.676. The topological polar surface area (TPSA) is 15.6 Å². The molecule has 0 aliphatic carbocycles. The van der Waals surface area contributed by atoms with E-state index in [1.54, 1.807) is 0 Å². The first-order valence-electron chi connectivity index (χ1n) is 6.36. The van der Waals surface area contributed by atoms with Crippen LogP contribution in [0.1, 0.15) is 36.8 Å². The molecule has 0 saturated carbocycles. The Morgan fingerprint density at radius 2 is 2.12 bits per heavy atom. The van der Waals surface area contributed by atoms with Gasteiger partial charge in [0.2, 0.25) is 0 Å². The van der Waals surface area contributed by atoms with Crippen LogP contribution in [0.5, 0.6) is 0 Å². The minimum atomic E-state index is 0.859. The summed E-state index contributed by atoms with van der Waals surface area (Å²) in [4.78, 5) is 7.24. The summed E-state index contributed by atoms with van der Waals surface area (Å²) in [7, 11) is 0. The van der Waals surface area contributed by atoms with Crippen LogP contribution < -0.4 is 0 Å². The molecule has 1 saturated heterocycles. The van der Waals surface area contributed by atoms with Gasteiger partial charge in [0.25, 0.3) is 0 Å². The lowest BCUT2D eigenvalue weighted by Crippen LogP contribution is -2.32. The van der Waals surface area contributed by atoms with Crippen LogP contribution in [0.2, 0.25) is 5.02 Å². The van der Waals surface area contributed by atoms with E-state index in [4.69, 9.17) is 16.6 Å². The van der Waals surface area contributed by atoms with Gasteiger partial charge in [-0.2, -0.15) is 0 Å². The van der Waals surface area contributed by atoms with Crippen molar-refractivity contribution in [3.05, 3.63) is 28.3 Å². The SMILES string of the molecule is Cc1c(Cl)ccc2c1CN1CCCCCC1=N2. The van der Waals surface area contributed by atoms with Crippen LogP contribution in [-0.4, -0.2) is 17.3 Å². The van der Waals surface area contributed by atoms with Crippen molar-refractivity contribution in [2.45, 2.75) is 39.2 Å². The maximum absolute atomic E-state index is 6.19. The van der Waals surface area contributed by atoms with Gasteiger partial charge in [-0.25, -0.2) is 4.99 Å². The van der Waals surface area contributed by atoms with Crippen LogP contribution in [0.15, 0.2) is 17.1 Å². The standard InChI is InChI=1S/C14H17ClN2/c1-10-11-9-17-8-4-2-3-5-14(17)16-13(11)7-6-12(10)15/h6-7H,2-5,8-9H2,1H3. The minimum absolute atomic E-state index is 0.859. The number of nitrogens with zero attached hydrogens (tertiary/aromatic N) is 2. The molecular formula is C14H17ClN2. The van der Waals surface area contributed by atoms with Gasteiger partial charge in [-0.3, -0.25) is 0 Å². The third-order valence-corrected chi connectivity index (χ3v) is 4.21. The van der Waals surface area contributed by atoms with Crippen LogP contribution in [0.3, 0.4) is 0 Å².